The van der Waals surface area contributed by atoms with Gasteiger partial charge < -0.3 is 37.2 Å². The van der Waals surface area contributed by atoms with E-state index in [0.717, 1.165) is 12.8 Å². The molecular weight excluding hydrogens is 334 g/mol. The quantitative estimate of drug-likeness (QED) is 0.468. The fourth-order valence-corrected chi connectivity index (χ4v) is 2.62. The molecule has 0 saturated carbocycles. The van der Waals surface area contributed by atoms with Gasteiger partial charge >= 0.3 is 110 Å². The summed E-state index contributed by atoms with van der Waals surface area (Å²) in [7, 11) is 0. The first-order chi connectivity index (χ1) is 7.58. The van der Waals surface area contributed by atoms with E-state index in [4.69, 9.17) is 0 Å². The molecule has 0 amide bonds. The van der Waals surface area contributed by atoms with E-state index in [0.29, 0.717) is 0 Å². The van der Waals surface area contributed by atoms with Crippen LogP contribution in [0.1, 0.15) is 28.7 Å². The predicted octanol–water partition coefficient (Wildman–Crippen LogP) is -5.07. The second-order valence-electron chi connectivity index (χ2n) is 4.64. The van der Waals surface area contributed by atoms with E-state index in [1.165, 1.54) is 31.7 Å². The van der Waals surface area contributed by atoms with Crippen LogP contribution in [0.15, 0.2) is 33.7 Å². The zero-order valence-corrected chi connectivity index (χ0v) is 15.2. The van der Waals surface area contributed by atoms with Crippen molar-refractivity contribution in [2.45, 2.75) is 33.6 Å². The molecule has 0 nitrogen and oxygen atoms in total. The van der Waals surface area contributed by atoms with Gasteiger partial charge in [0.25, 0.3) is 0 Å². The molecule has 1 aliphatic rings. The maximum absolute atomic E-state index is 2.33. The SMILES string of the molecule is Cc1cc(CC2=[C]([Ti+3])CC=C2)cc(C)c1C.[Cl-].[Cl-].[Cl-]. The third-order valence-electron chi connectivity index (χ3n) is 3.41. The van der Waals surface area contributed by atoms with Crippen LogP contribution in [0.5, 0.6) is 0 Å². The minimum atomic E-state index is 0. The minimum Gasteiger partial charge on any atom is -1.00 e. The predicted molar refractivity (Wildman–Crippen MR) is 65.1 cm³/mol. The molecule has 0 aliphatic heterocycles. The van der Waals surface area contributed by atoms with Crippen LogP contribution in [0, 0.1) is 20.8 Å². The Balaban J connectivity index is 0. The van der Waals surface area contributed by atoms with Crippen LogP contribution in [0.25, 0.3) is 0 Å². The van der Waals surface area contributed by atoms with Crippen molar-refractivity contribution in [3.63, 3.8) is 0 Å². The Bertz CT molecular complexity index is 467. The molecule has 4 heteroatoms. The fraction of sp³-hybridized carbons (Fsp3) is 0.333. The van der Waals surface area contributed by atoms with Crippen molar-refractivity contribution in [3.05, 3.63) is 56.0 Å². The molecule has 1 aromatic rings. The van der Waals surface area contributed by atoms with Crippen molar-refractivity contribution in [2.24, 2.45) is 0 Å². The summed E-state index contributed by atoms with van der Waals surface area (Å²) in [6, 6.07) is 4.66. The van der Waals surface area contributed by atoms with E-state index < -0.39 is 0 Å². The van der Waals surface area contributed by atoms with Gasteiger partial charge in [-0.1, -0.05) is 0 Å². The molecule has 0 N–H and O–H groups in total. The van der Waals surface area contributed by atoms with Gasteiger partial charge in [-0.15, -0.1) is 0 Å². The van der Waals surface area contributed by atoms with Gasteiger partial charge in [-0.25, -0.2) is 0 Å². The second kappa shape index (κ2) is 9.26. The molecule has 0 atom stereocenters. The molecule has 102 valence electrons. The number of hydrogen-bond acceptors (Lipinski definition) is 0. The summed E-state index contributed by atoms with van der Waals surface area (Å²) in [6.45, 7) is 6.61. The van der Waals surface area contributed by atoms with Crippen molar-refractivity contribution in [2.75, 3.05) is 0 Å². The normalized spacial score (nSPS) is 12.7. The van der Waals surface area contributed by atoms with E-state index in [1.54, 1.807) is 0 Å². The Labute approximate surface area is 146 Å². The van der Waals surface area contributed by atoms with Crippen LogP contribution in [0.4, 0.5) is 0 Å². The molecule has 0 aromatic heterocycles. The standard InChI is InChI=1S/C15H17.3ClH.Ti/c1-11-8-15(9-12(2)13(11)3)10-14-6-4-5-7-14;;;;/h4,6,8-9H,5,10H2,1-3H3;3*1H;/q;;;;+3/p-3. The van der Waals surface area contributed by atoms with Gasteiger partial charge in [0.2, 0.25) is 0 Å². The molecule has 0 radical (unpaired) electrons. The number of rotatable bonds is 2. The Morgan fingerprint density at radius 1 is 1.00 bits per heavy atom. The number of allylic oxidation sites excluding steroid dienone is 4. The average Bonchev–Trinajstić information content (AvgIpc) is 2.61. The average molecular weight is 352 g/mol. The van der Waals surface area contributed by atoms with Crippen LogP contribution in [0.3, 0.4) is 0 Å². The Morgan fingerprint density at radius 2 is 1.53 bits per heavy atom. The van der Waals surface area contributed by atoms with E-state index in [9.17, 15) is 0 Å². The zero-order chi connectivity index (χ0) is 11.7. The van der Waals surface area contributed by atoms with Gasteiger partial charge in [0.1, 0.15) is 0 Å². The maximum atomic E-state index is 2.33. The first-order valence-corrected chi connectivity index (χ1v) is 6.53. The summed E-state index contributed by atoms with van der Waals surface area (Å²) in [5.41, 5.74) is 7.20. The van der Waals surface area contributed by atoms with E-state index in [2.05, 4.69) is 65.5 Å². The number of aryl methyl sites for hydroxylation is 2. The van der Waals surface area contributed by atoms with Crippen LogP contribution < -0.4 is 37.2 Å². The summed E-state index contributed by atoms with van der Waals surface area (Å²) >= 11 is 2.24. The summed E-state index contributed by atoms with van der Waals surface area (Å²) in [5, 5.41) is 0. The van der Waals surface area contributed by atoms with Crippen LogP contribution in [-0.4, -0.2) is 0 Å². The van der Waals surface area contributed by atoms with Crippen LogP contribution >= 0.6 is 0 Å². The number of hydrogen-bond donors (Lipinski definition) is 0. The van der Waals surface area contributed by atoms with E-state index >= 15 is 0 Å². The molecule has 1 aliphatic carbocycles. The fourth-order valence-electron chi connectivity index (χ4n) is 2.16. The molecule has 2 rings (SSSR count). The first kappa shape index (κ1) is 21.6. The molecule has 0 fully saturated rings. The van der Waals surface area contributed by atoms with Gasteiger partial charge in [-0.2, -0.15) is 0 Å². The molecule has 0 heterocycles. The molecule has 0 unspecified atom stereocenters. The third kappa shape index (κ3) is 5.29. The maximum Gasteiger partial charge on any atom is -1.00 e. The van der Waals surface area contributed by atoms with Crippen molar-refractivity contribution in [1.29, 1.82) is 0 Å². The second-order valence-corrected chi connectivity index (χ2v) is 5.58. The van der Waals surface area contributed by atoms with Crippen LogP contribution in [0.2, 0.25) is 0 Å². The summed E-state index contributed by atoms with van der Waals surface area (Å²) < 4.78 is 1.52. The zero-order valence-electron chi connectivity index (χ0n) is 11.4. The van der Waals surface area contributed by atoms with Crippen molar-refractivity contribution in [3.8, 4) is 0 Å². The summed E-state index contributed by atoms with van der Waals surface area (Å²) in [6.07, 6.45) is 6.77. The van der Waals surface area contributed by atoms with Gasteiger partial charge in [0, 0.05) is 0 Å². The third-order valence-corrected chi connectivity index (χ3v) is 4.23. The monoisotopic (exact) mass is 350 g/mol. The number of halogens is 3. The van der Waals surface area contributed by atoms with Crippen LogP contribution in [-0.2, 0) is 26.9 Å². The minimum absolute atomic E-state index is 0. The van der Waals surface area contributed by atoms with Crippen molar-refractivity contribution >= 4 is 0 Å². The molecular formula is C15H17Cl3Ti. The Morgan fingerprint density at radius 3 is 1.95 bits per heavy atom. The summed E-state index contributed by atoms with van der Waals surface area (Å²) in [5.74, 6) is 0. The molecule has 0 saturated heterocycles. The topological polar surface area (TPSA) is 0 Å². The Hall–Kier alpha value is 0.284. The van der Waals surface area contributed by atoms with E-state index in [1.807, 2.05) is 0 Å². The van der Waals surface area contributed by atoms with Gasteiger partial charge in [0.05, 0.1) is 0 Å². The van der Waals surface area contributed by atoms with Gasteiger partial charge in [-0.3, -0.25) is 0 Å². The van der Waals surface area contributed by atoms with Gasteiger partial charge in [0.15, 0.2) is 0 Å². The number of benzene rings is 1. The van der Waals surface area contributed by atoms with Crippen molar-refractivity contribution < 1.29 is 57.7 Å². The first-order valence-electron chi connectivity index (χ1n) is 5.75. The smallest absolute Gasteiger partial charge is 1.00 e. The summed E-state index contributed by atoms with van der Waals surface area (Å²) in [4.78, 5) is 0. The largest absolute Gasteiger partial charge is 1.00 e. The molecule has 19 heavy (non-hydrogen) atoms. The molecule has 0 bridgehead atoms. The van der Waals surface area contributed by atoms with E-state index in [-0.39, 0.29) is 37.2 Å². The van der Waals surface area contributed by atoms with Crippen molar-refractivity contribution in [1.82, 2.24) is 0 Å². The van der Waals surface area contributed by atoms with Gasteiger partial charge in [-0.05, 0) is 0 Å². The molecule has 1 aromatic carbocycles. The Kier molecular flexibility index (Phi) is 10.5. The molecule has 0 spiro atoms.